The number of carboxylic acids is 1. The molecule has 3 N–H and O–H groups in total. The van der Waals surface area contributed by atoms with Crippen molar-refractivity contribution in [2.45, 2.75) is 25.1 Å². The Hall–Kier alpha value is -1.78. The summed E-state index contributed by atoms with van der Waals surface area (Å²) in [6, 6.07) is -1.23. The quantitative estimate of drug-likeness (QED) is 0.432. The third kappa shape index (κ3) is 2.56. The van der Waals surface area contributed by atoms with Crippen LogP contribution in [0.3, 0.4) is 0 Å². The van der Waals surface area contributed by atoms with Gasteiger partial charge in [0.25, 0.3) is 5.91 Å². The second kappa shape index (κ2) is 6.02. The molecule has 3 aliphatic rings. The molecule has 3 amide bonds. The number of ether oxygens (including phenoxy) is 2. The number of primary amides is 1. The molecule has 3 rings (SSSR count). The molecule has 0 aromatic rings. The number of nitrogens with zero attached hydrogens (tertiary/aromatic N) is 2. The van der Waals surface area contributed by atoms with Crippen molar-refractivity contribution in [3.63, 3.8) is 0 Å². The van der Waals surface area contributed by atoms with Crippen LogP contribution in [0.15, 0.2) is 11.5 Å². The van der Waals surface area contributed by atoms with Gasteiger partial charge in [0.2, 0.25) is 5.91 Å². The Kier molecular flexibility index (Phi) is 4.60. The zero-order valence-electron chi connectivity index (χ0n) is 11.5. The molecule has 0 radical (unpaired) electrons. The van der Waals surface area contributed by atoms with Crippen LogP contribution in [-0.4, -0.2) is 99.7 Å². The normalized spacial score (nSPS) is 27.5. The summed E-state index contributed by atoms with van der Waals surface area (Å²) in [6.07, 6.45) is -1.64. The maximum atomic E-state index is 12.2. The van der Waals surface area contributed by atoms with Crippen molar-refractivity contribution in [2.75, 3.05) is 13.2 Å². The third-order valence-corrected chi connectivity index (χ3v) is 3.96. The summed E-state index contributed by atoms with van der Waals surface area (Å²) >= 11 is 0. The molecule has 120 valence electrons. The fraction of sp³-hybridized carbons (Fsp3) is 0.500. The number of rotatable bonds is 3. The standard InChI is InChI=1S/C12H13N3O7.Na.H/c1-4(16)14-2-5-7-9(14)10(17)15(7)8(11(18)19)6(22-5)3-21-12(13)20;;/h5,7,9H,2-3H2,1H3,(H2,13,20)(H,18,19);;/t5-,7-,9+;;/m1../s1. The van der Waals surface area contributed by atoms with Gasteiger partial charge in [-0.3, -0.25) is 14.5 Å². The van der Waals surface area contributed by atoms with E-state index in [2.05, 4.69) is 4.74 Å². The Morgan fingerprint density at radius 1 is 1.43 bits per heavy atom. The van der Waals surface area contributed by atoms with E-state index in [4.69, 9.17) is 10.5 Å². The van der Waals surface area contributed by atoms with Gasteiger partial charge in [0, 0.05) is 6.92 Å². The number of hydrogen-bond acceptors (Lipinski definition) is 6. The second-order valence-corrected chi connectivity index (χ2v) is 5.16. The van der Waals surface area contributed by atoms with Crippen LogP contribution in [0.5, 0.6) is 0 Å². The van der Waals surface area contributed by atoms with Crippen LogP contribution >= 0.6 is 0 Å². The Morgan fingerprint density at radius 3 is 2.61 bits per heavy atom. The van der Waals surface area contributed by atoms with Crippen molar-refractivity contribution in [3.8, 4) is 0 Å². The SMILES string of the molecule is CC(=O)N1C[C@H]2OC(COC(N)=O)=C(C(=O)O)N3C(=O)[C@@H]1[C@@H]23.[NaH]. The number of carboxylic acid groups (broad SMARTS) is 1. The molecule has 0 saturated carbocycles. The topological polar surface area (TPSA) is 139 Å². The molecule has 10 nitrogen and oxygen atoms in total. The van der Waals surface area contributed by atoms with Gasteiger partial charge < -0.3 is 25.2 Å². The summed E-state index contributed by atoms with van der Waals surface area (Å²) < 4.78 is 10.1. The van der Waals surface area contributed by atoms with Gasteiger partial charge in [-0.1, -0.05) is 0 Å². The molecule has 3 heterocycles. The van der Waals surface area contributed by atoms with Gasteiger partial charge in [-0.2, -0.15) is 0 Å². The van der Waals surface area contributed by atoms with Crippen molar-refractivity contribution < 1.29 is 33.8 Å². The average Bonchev–Trinajstić information content (AvgIpc) is 2.79. The monoisotopic (exact) mass is 335 g/mol. The third-order valence-electron chi connectivity index (χ3n) is 3.96. The predicted octanol–water partition coefficient (Wildman–Crippen LogP) is -2.43. The predicted molar refractivity (Wildman–Crippen MR) is 74.0 cm³/mol. The number of likely N-dealkylation sites (tertiary alicyclic amines) is 1. The molecule has 3 aliphatic heterocycles. The van der Waals surface area contributed by atoms with E-state index in [0.29, 0.717) is 0 Å². The first-order chi connectivity index (χ1) is 10.3. The summed E-state index contributed by atoms with van der Waals surface area (Å²) in [5, 5.41) is 9.30. The van der Waals surface area contributed by atoms with E-state index in [9.17, 15) is 24.3 Å². The molecular formula is C12H14N3NaO7. The van der Waals surface area contributed by atoms with E-state index in [1.54, 1.807) is 0 Å². The molecule has 0 bridgehead atoms. The van der Waals surface area contributed by atoms with Crippen LogP contribution in [-0.2, 0) is 23.9 Å². The van der Waals surface area contributed by atoms with Crippen LogP contribution in [0.1, 0.15) is 6.92 Å². The molecule has 2 saturated heterocycles. The van der Waals surface area contributed by atoms with Crippen molar-refractivity contribution >= 4 is 53.4 Å². The zero-order chi connectivity index (χ0) is 16.2. The molecule has 0 aliphatic carbocycles. The van der Waals surface area contributed by atoms with E-state index in [1.165, 1.54) is 11.8 Å². The van der Waals surface area contributed by atoms with Gasteiger partial charge in [-0.05, 0) is 0 Å². The molecule has 11 heteroatoms. The molecule has 0 aromatic carbocycles. The summed E-state index contributed by atoms with van der Waals surface area (Å²) in [4.78, 5) is 48.3. The fourth-order valence-corrected chi connectivity index (χ4v) is 3.12. The number of β-lactam (4-membered cyclic amide) rings is 1. The van der Waals surface area contributed by atoms with Crippen LogP contribution in [0.25, 0.3) is 0 Å². The first kappa shape index (κ1) is 17.6. The molecular weight excluding hydrogens is 321 g/mol. The van der Waals surface area contributed by atoms with E-state index in [-0.39, 0.29) is 53.5 Å². The fourth-order valence-electron chi connectivity index (χ4n) is 3.12. The first-order valence-electron chi connectivity index (χ1n) is 6.48. The van der Waals surface area contributed by atoms with Crippen molar-refractivity contribution in [1.82, 2.24) is 9.80 Å². The number of nitrogens with two attached hydrogens (primary N) is 1. The summed E-state index contributed by atoms with van der Waals surface area (Å²) in [5.74, 6) is -2.32. The average molecular weight is 335 g/mol. The Balaban J connectivity index is 0.00000192. The van der Waals surface area contributed by atoms with Gasteiger partial charge in [-0.15, -0.1) is 0 Å². The Morgan fingerprint density at radius 2 is 2.09 bits per heavy atom. The molecule has 0 unspecified atom stereocenters. The minimum absolute atomic E-state index is 0. The van der Waals surface area contributed by atoms with E-state index < -0.39 is 42.8 Å². The van der Waals surface area contributed by atoms with Crippen molar-refractivity contribution in [3.05, 3.63) is 11.5 Å². The van der Waals surface area contributed by atoms with Gasteiger partial charge in [-0.25, -0.2) is 9.59 Å². The number of hydrogen-bond donors (Lipinski definition) is 2. The molecule has 2 fully saturated rings. The van der Waals surface area contributed by atoms with E-state index in [1.807, 2.05) is 0 Å². The Labute approximate surface area is 152 Å². The van der Waals surface area contributed by atoms with Gasteiger partial charge >= 0.3 is 41.6 Å². The number of carbonyl (C=O) groups excluding carboxylic acids is 3. The first-order valence-corrected chi connectivity index (χ1v) is 6.48. The second-order valence-electron chi connectivity index (χ2n) is 5.16. The zero-order valence-corrected chi connectivity index (χ0v) is 11.5. The summed E-state index contributed by atoms with van der Waals surface area (Å²) in [6.45, 7) is 1.00. The van der Waals surface area contributed by atoms with E-state index in [0.717, 1.165) is 4.90 Å². The van der Waals surface area contributed by atoms with Crippen LogP contribution in [0.4, 0.5) is 4.79 Å². The summed E-state index contributed by atoms with van der Waals surface area (Å²) in [5.41, 5.74) is 4.47. The van der Waals surface area contributed by atoms with Gasteiger partial charge in [0.1, 0.15) is 18.2 Å². The molecule has 0 spiro atoms. The van der Waals surface area contributed by atoms with E-state index >= 15 is 0 Å². The van der Waals surface area contributed by atoms with Crippen molar-refractivity contribution in [1.29, 1.82) is 0 Å². The molecule has 23 heavy (non-hydrogen) atoms. The number of amides is 3. The minimum atomic E-state index is -1.38. The van der Waals surface area contributed by atoms with Crippen molar-refractivity contribution in [2.24, 2.45) is 5.73 Å². The van der Waals surface area contributed by atoms with Gasteiger partial charge in [0.05, 0.1) is 6.54 Å². The molecule has 0 aromatic heterocycles. The molecule has 3 atom stereocenters. The number of carbonyl (C=O) groups is 4. The van der Waals surface area contributed by atoms with Gasteiger partial charge in [0.15, 0.2) is 18.1 Å². The summed E-state index contributed by atoms with van der Waals surface area (Å²) in [7, 11) is 0. The van der Waals surface area contributed by atoms with Crippen LogP contribution in [0.2, 0.25) is 0 Å². The Bertz CT molecular complexity index is 634. The number of aliphatic carboxylic acids is 1. The van der Waals surface area contributed by atoms with Crippen LogP contribution < -0.4 is 5.73 Å². The van der Waals surface area contributed by atoms with Crippen LogP contribution in [0, 0.1) is 0 Å². The maximum absolute atomic E-state index is 12.2.